The van der Waals surface area contributed by atoms with E-state index in [4.69, 9.17) is 0 Å². The Bertz CT molecular complexity index is 741. The van der Waals surface area contributed by atoms with Crippen LogP contribution in [0, 0.1) is 18.6 Å². The van der Waals surface area contributed by atoms with Crippen LogP contribution in [-0.2, 0) is 16.6 Å². The summed E-state index contributed by atoms with van der Waals surface area (Å²) in [5.41, 5.74) is 0.683. The smallest absolute Gasteiger partial charge is 0.265 e. The zero-order valence-electron chi connectivity index (χ0n) is 10.9. The first-order chi connectivity index (χ1) is 9.33. The molecule has 0 saturated carbocycles. The minimum Gasteiger partial charge on any atom is -0.276 e. The number of sulfonamides is 1. The Labute approximate surface area is 115 Å². The number of nitrogens with one attached hydrogen (secondary N) is 1. The van der Waals surface area contributed by atoms with Gasteiger partial charge in [-0.05, 0) is 32.0 Å². The molecule has 0 aliphatic rings. The Morgan fingerprint density at radius 3 is 2.65 bits per heavy atom. The average molecular weight is 301 g/mol. The van der Waals surface area contributed by atoms with E-state index in [-0.39, 0.29) is 5.69 Å². The molecule has 2 rings (SSSR count). The number of anilines is 1. The molecule has 1 heterocycles. The second-order valence-electron chi connectivity index (χ2n) is 4.16. The van der Waals surface area contributed by atoms with Crippen LogP contribution in [0.15, 0.2) is 29.3 Å². The quantitative estimate of drug-likeness (QED) is 0.942. The molecule has 1 aromatic heterocycles. The van der Waals surface area contributed by atoms with E-state index in [0.29, 0.717) is 18.3 Å². The maximum atomic E-state index is 13.5. The number of aryl methyl sites for hydroxylation is 2. The van der Waals surface area contributed by atoms with E-state index in [2.05, 4.69) is 9.82 Å². The number of rotatable bonds is 4. The van der Waals surface area contributed by atoms with Crippen molar-refractivity contribution < 1.29 is 17.2 Å². The Morgan fingerprint density at radius 1 is 1.35 bits per heavy atom. The number of nitrogens with zero attached hydrogens (tertiary/aromatic N) is 2. The van der Waals surface area contributed by atoms with E-state index in [0.717, 1.165) is 12.1 Å². The fourth-order valence-corrected chi connectivity index (χ4v) is 2.86. The predicted molar refractivity (Wildman–Crippen MR) is 69.8 cm³/mol. The first-order valence-corrected chi connectivity index (χ1v) is 7.33. The van der Waals surface area contributed by atoms with Crippen molar-refractivity contribution in [3.63, 3.8) is 0 Å². The summed E-state index contributed by atoms with van der Waals surface area (Å²) < 4.78 is 54.5. The minimum absolute atomic E-state index is 0.232. The first-order valence-electron chi connectivity index (χ1n) is 5.85. The van der Waals surface area contributed by atoms with Crippen molar-refractivity contribution in [1.29, 1.82) is 0 Å². The van der Waals surface area contributed by atoms with E-state index in [1.807, 2.05) is 6.92 Å². The summed E-state index contributed by atoms with van der Waals surface area (Å²) in [4.78, 5) is -0.735. The van der Waals surface area contributed by atoms with Gasteiger partial charge in [-0.15, -0.1) is 0 Å². The zero-order chi connectivity index (χ0) is 14.9. The van der Waals surface area contributed by atoms with Crippen molar-refractivity contribution in [2.24, 2.45) is 0 Å². The molecule has 0 amide bonds. The van der Waals surface area contributed by atoms with Gasteiger partial charge in [-0.1, -0.05) is 0 Å². The minimum atomic E-state index is -4.20. The highest BCUT2D eigenvalue weighted by Crippen LogP contribution is 2.21. The number of hydrogen-bond donors (Lipinski definition) is 1. The molecule has 0 bridgehead atoms. The molecule has 8 heteroatoms. The molecule has 108 valence electrons. The van der Waals surface area contributed by atoms with Crippen LogP contribution in [0.3, 0.4) is 0 Å². The van der Waals surface area contributed by atoms with Crippen LogP contribution < -0.4 is 4.72 Å². The summed E-state index contributed by atoms with van der Waals surface area (Å²) in [5.74, 6) is -1.84. The Morgan fingerprint density at radius 2 is 2.05 bits per heavy atom. The fraction of sp³-hybridized carbons (Fsp3) is 0.250. The number of hydrogen-bond acceptors (Lipinski definition) is 3. The molecular weight excluding hydrogens is 288 g/mol. The largest absolute Gasteiger partial charge is 0.276 e. The van der Waals surface area contributed by atoms with Gasteiger partial charge in [0.15, 0.2) is 0 Å². The van der Waals surface area contributed by atoms with Crippen molar-refractivity contribution in [2.45, 2.75) is 25.3 Å². The van der Waals surface area contributed by atoms with Gasteiger partial charge in [0.25, 0.3) is 10.0 Å². The molecule has 0 aliphatic carbocycles. The summed E-state index contributed by atoms with van der Waals surface area (Å²) in [6.45, 7) is 4.03. The van der Waals surface area contributed by atoms with E-state index in [1.54, 1.807) is 6.92 Å². The average Bonchev–Trinajstić information content (AvgIpc) is 2.72. The molecule has 0 radical (unpaired) electrons. The Hall–Kier alpha value is -1.96. The van der Waals surface area contributed by atoms with Crippen molar-refractivity contribution in [1.82, 2.24) is 9.78 Å². The highest BCUT2D eigenvalue weighted by Gasteiger charge is 2.21. The highest BCUT2D eigenvalue weighted by atomic mass is 32.2. The molecule has 0 spiro atoms. The second kappa shape index (κ2) is 5.20. The molecule has 2 aromatic rings. The lowest BCUT2D eigenvalue weighted by Gasteiger charge is -2.07. The van der Waals surface area contributed by atoms with Gasteiger partial charge in [0.1, 0.15) is 16.5 Å². The molecule has 0 atom stereocenters. The monoisotopic (exact) mass is 301 g/mol. The summed E-state index contributed by atoms with van der Waals surface area (Å²) in [6.07, 6.45) is 1.49. The molecular formula is C12H13F2N3O2S. The van der Waals surface area contributed by atoms with Crippen LogP contribution in [-0.4, -0.2) is 18.2 Å². The van der Waals surface area contributed by atoms with Crippen molar-refractivity contribution in [3.05, 3.63) is 41.7 Å². The van der Waals surface area contributed by atoms with Gasteiger partial charge in [-0.3, -0.25) is 9.40 Å². The number of aromatic nitrogens is 2. The van der Waals surface area contributed by atoms with Crippen LogP contribution in [0.25, 0.3) is 0 Å². The summed E-state index contributed by atoms with van der Waals surface area (Å²) >= 11 is 0. The van der Waals surface area contributed by atoms with Crippen molar-refractivity contribution in [3.8, 4) is 0 Å². The molecule has 0 fully saturated rings. The standard InChI is InChI=1S/C12H13F2N3O2S/c1-3-17-7-11(8(2)15-17)16-20(18,19)12-6-9(13)4-5-10(12)14/h4-7,16H,3H2,1-2H3. The van der Waals surface area contributed by atoms with E-state index in [1.165, 1.54) is 10.9 Å². The summed E-state index contributed by atoms with van der Waals surface area (Å²) in [7, 11) is -4.20. The fourth-order valence-electron chi connectivity index (χ4n) is 1.66. The molecule has 0 saturated heterocycles. The lowest BCUT2D eigenvalue weighted by Crippen LogP contribution is -2.15. The Kier molecular flexibility index (Phi) is 3.76. The predicted octanol–water partition coefficient (Wildman–Crippen LogP) is 2.29. The van der Waals surface area contributed by atoms with E-state index in [9.17, 15) is 17.2 Å². The summed E-state index contributed by atoms with van der Waals surface area (Å²) in [6, 6.07) is 2.26. The van der Waals surface area contributed by atoms with Gasteiger partial charge in [-0.2, -0.15) is 5.10 Å². The van der Waals surface area contributed by atoms with Gasteiger partial charge in [0.05, 0.1) is 11.4 Å². The lowest BCUT2D eigenvalue weighted by atomic mass is 10.3. The van der Waals surface area contributed by atoms with Crippen LogP contribution in [0.1, 0.15) is 12.6 Å². The van der Waals surface area contributed by atoms with Crippen LogP contribution in [0.2, 0.25) is 0 Å². The topological polar surface area (TPSA) is 64.0 Å². The number of halogens is 2. The van der Waals surface area contributed by atoms with Crippen molar-refractivity contribution in [2.75, 3.05) is 4.72 Å². The van der Waals surface area contributed by atoms with E-state index < -0.39 is 26.6 Å². The molecule has 5 nitrogen and oxygen atoms in total. The molecule has 0 unspecified atom stereocenters. The maximum Gasteiger partial charge on any atom is 0.265 e. The normalized spacial score (nSPS) is 11.6. The molecule has 1 N–H and O–H groups in total. The second-order valence-corrected chi connectivity index (χ2v) is 5.81. The third-order valence-electron chi connectivity index (χ3n) is 2.70. The van der Waals surface area contributed by atoms with Crippen LogP contribution in [0.5, 0.6) is 0 Å². The first kappa shape index (κ1) is 14.4. The third kappa shape index (κ3) is 2.79. The van der Waals surface area contributed by atoms with Gasteiger partial charge < -0.3 is 0 Å². The third-order valence-corrected chi connectivity index (χ3v) is 4.08. The highest BCUT2D eigenvalue weighted by molar-refractivity contribution is 7.92. The Balaban J connectivity index is 2.40. The van der Waals surface area contributed by atoms with Crippen LogP contribution in [0.4, 0.5) is 14.5 Å². The van der Waals surface area contributed by atoms with E-state index >= 15 is 0 Å². The SMILES string of the molecule is CCn1cc(NS(=O)(=O)c2cc(F)ccc2F)c(C)n1. The molecule has 0 aliphatic heterocycles. The van der Waals surface area contributed by atoms with Gasteiger partial charge in [-0.25, -0.2) is 17.2 Å². The van der Waals surface area contributed by atoms with Gasteiger partial charge >= 0.3 is 0 Å². The van der Waals surface area contributed by atoms with Gasteiger partial charge in [0.2, 0.25) is 0 Å². The molecule has 1 aromatic carbocycles. The van der Waals surface area contributed by atoms with Crippen LogP contribution >= 0.6 is 0 Å². The van der Waals surface area contributed by atoms with Crippen molar-refractivity contribution >= 4 is 15.7 Å². The lowest BCUT2D eigenvalue weighted by molar-refractivity contribution is 0.555. The number of benzene rings is 1. The molecule has 20 heavy (non-hydrogen) atoms. The maximum absolute atomic E-state index is 13.5. The zero-order valence-corrected chi connectivity index (χ0v) is 11.7. The summed E-state index contributed by atoms with van der Waals surface area (Å²) in [5, 5.41) is 4.07. The van der Waals surface area contributed by atoms with Gasteiger partial charge in [0, 0.05) is 12.7 Å².